The zero-order valence-corrected chi connectivity index (χ0v) is 12.0. The quantitative estimate of drug-likeness (QED) is 0.727. The lowest BCUT2D eigenvalue weighted by Crippen LogP contribution is -2.51. The van der Waals surface area contributed by atoms with Crippen LogP contribution in [0.4, 0.5) is 0 Å². The molecular weight excluding hydrogens is 286 g/mol. The predicted molar refractivity (Wildman–Crippen MR) is 73.4 cm³/mol. The number of likely N-dealkylation sites (tertiary alicyclic amines) is 2. The summed E-state index contributed by atoms with van der Waals surface area (Å²) >= 11 is 0. The smallest absolute Gasteiger partial charge is 0.326 e. The Bertz CT molecular complexity index is 404. The topological polar surface area (TPSA) is 104 Å². The summed E-state index contributed by atoms with van der Waals surface area (Å²) in [4.78, 5) is 38.1. The maximum absolute atomic E-state index is 12.4. The first-order chi connectivity index (χ1) is 9.06. The monoisotopic (exact) mass is 305 g/mol. The molecule has 20 heavy (non-hydrogen) atoms. The molecule has 0 spiro atoms. The van der Waals surface area contributed by atoms with Crippen molar-refractivity contribution < 1.29 is 19.5 Å². The number of hydrogen-bond donors (Lipinski definition) is 2. The van der Waals surface area contributed by atoms with Gasteiger partial charge in [0.2, 0.25) is 11.8 Å². The van der Waals surface area contributed by atoms with Crippen molar-refractivity contribution in [2.45, 2.75) is 37.8 Å². The standard InChI is InChI=1S/C12H19N3O4.ClH/c13-7-10(16)14-5-1-3-8(14)11(17)15-6-2-4-9(15)12(18)19;/h8-9H,1-7,13H2,(H,18,19);1H/t8-,9-;/m0./s1. The molecule has 0 aromatic rings. The predicted octanol–water partition coefficient (Wildman–Crippen LogP) is -0.566. The van der Waals surface area contributed by atoms with Crippen molar-refractivity contribution in [2.75, 3.05) is 19.6 Å². The summed E-state index contributed by atoms with van der Waals surface area (Å²) < 4.78 is 0. The molecule has 0 aromatic heterocycles. The van der Waals surface area contributed by atoms with Crippen molar-refractivity contribution >= 4 is 30.2 Å². The Balaban J connectivity index is 0.00000200. The summed E-state index contributed by atoms with van der Waals surface area (Å²) in [6.07, 6.45) is 2.53. The second-order valence-electron chi connectivity index (χ2n) is 4.98. The number of carboxylic acid groups (broad SMARTS) is 1. The number of halogens is 1. The maximum Gasteiger partial charge on any atom is 0.326 e. The van der Waals surface area contributed by atoms with Crippen molar-refractivity contribution in [2.24, 2.45) is 5.73 Å². The summed E-state index contributed by atoms with van der Waals surface area (Å²) in [7, 11) is 0. The fourth-order valence-electron chi connectivity index (χ4n) is 2.92. The van der Waals surface area contributed by atoms with Gasteiger partial charge in [-0.2, -0.15) is 0 Å². The molecule has 2 heterocycles. The number of nitrogens with two attached hydrogens (primary N) is 1. The van der Waals surface area contributed by atoms with E-state index < -0.39 is 18.1 Å². The van der Waals surface area contributed by atoms with E-state index in [1.807, 2.05) is 0 Å². The molecule has 2 rings (SSSR count). The van der Waals surface area contributed by atoms with Gasteiger partial charge >= 0.3 is 5.97 Å². The Morgan fingerprint density at radius 1 is 1.05 bits per heavy atom. The number of amides is 2. The highest BCUT2D eigenvalue weighted by molar-refractivity contribution is 5.91. The Kier molecular flexibility index (Phi) is 5.76. The van der Waals surface area contributed by atoms with Gasteiger partial charge in [-0.1, -0.05) is 0 Å². The van der Waals surface area contributed by atoms with Crippen LogP contribution in [0.3, 0.4) is 0 Å². The lowest BCUT2D eigenvalue weighted by atomic mass is 10.1. The zero-order valence-electron chi connectivity index (χ0n) is 11.2. The van der Waals surface area contributed by atoms with E-state index in [0.717, 1.165) is 6.42 Å². The third-order valence-electron chi connectivity index (χ3n) is 3.85. The van der Waals surface area contributed by atoms with Crippen LogP contribution in [0.2, 0.25) is 0 Å². The third kappa shape index (κ3) is 3.04. The van der Waals surface area contributed by atoms with Crippen LogP contribution in [0.5, 0.6) is 0 Å². The molecule has 0 aliphatic carbocycles. The van der Waals surface area contributed by atoms with E-state index in [1.54, 1.807) is 0 Å². The molecule has 2 saturated heterocycles. The van der Waals surface area contributed by atoms with Crippen LogP contribution in [0, 0.1) is 0 Å². The van der Waals surface area contributed by atoms with Gasteiger partial charge in [0.05, 0.1) is 6.54 Å². The summed E-state index contributed by atoms with van der Waals surface area (Å²) in [5.74, 6) is -1.47. The molecule has 0 saturated carbocycles. The van der Waals surface area contributed by atoms with Crippen LogP contribution in [-0.2, 0) is 14.4 Å². The molecule has 2 atom stereocenters. The van der Waals surface area contributed by atoms with Gasteiger partial charge in [-0.25, -0.2) is 4.79 Å². The van der Waals surface area contributed by atoms with Crippen molar-refractivity contribution in [1.29, 1.82) is 0 Å². The lowest BCUT2D eigenvalue weighted by Gasteiger charge is -2.29. The molecule has 2 amide bonds. The summed E-state index contributed by atoms with van der Waals surface area (Å²) in [5, 5.41) is 9.10. The molecule has 3 N–H and O–H groups in total. The normalized spacial score (nSPS) is 25.4. The minimum atomic E-state index is -0.972. The van der Waals surface area contributed by atoms with Crippen LogP contribution < -0.4 is 5.73 Å². The number of carboxylic acids is 1. The molecular formula is C12H20ClN3O4. The fraction of sp³-hybridized carbons (Fsp3) is 0.750. The molecule has 2 aliphatic heterocycles. The van der Waals surface area contributed by atoms with Gasteiger partial charge in [0.25, 0.3) is 0 Å². The number of rotatable bonds is 3. The van der Waals surface area contributed by atoms with Crippen molar-refractivity contribution in [3.8, 4) is 0 Å². The molecule has 0 unspecified atom stereocenters. The van der Waals surface area contributed by atoms with Crippen LogP contribution in [0.25, 0.3) is 0 Å². The van der Waals surface area contributed by atoms with Gasteiger partial charge in [-0.15, -0.1) is 12.4 Å². The number of carbonyl (C=O) groups excluding carboxylic acids is 2. The highest BCUT2D eigenvalue weighted by atomic mass is 35.5. The fourth-order valence-corrected chi connectivity index (χ4v) is 2.92. The minimum Gasteiger partial charge on any atom is -0.480 e. The lowest BCUT2D eigenvalue weighted by molar-refractivity contribution is -0.151. The van der Waals surface area contributed by atoms with Crippen molar-refractivity contribution in [1.82, 2.24) is 9.80 Å². The Labute approximate surface area is 123 Å². The number of aliphatic carboxylic acids is 1. The molecule has 0 aromatic carbocycles. The summed E-state index contributed by atoms with van der Waals surface area (Å²) in [5.41, 5.74) is 5.33. The van der Waals surface area contributed by atoms with Gasteiger partial charge in [0.15, 0.2) is 0 Å². The van der Waals surface area contributed by atoms with Gasteiger partial charge in [-0.3, -0.25) is 9.59 Å². The summed E-state index contributed by atoms with van der Waals surface area (Å²) in [6.45, 7) is 0.862. The van der Waals surface area contributed by atoms with Crippen LogP contribution in [0.15, 0.2) is 0 Å². The highest BCUT2D eigenvalue weighted by Gasteiger charge is 2.41. The molecule has 8 heteroatoms. The average Bonchev–Trinajstić information content (AvgIpc) is 3.05. The maximum atomic E-state index is 12.4. The summed E-state index contributed by atoms with van der Waals surface area (Å²) in [6, 6.07) is -1.28. The van der Waals surface area contributed by atoms with Gasteiger partial charge < -0.3 is 20.6 Å². The van der Waals surface area contributed by atoms with Crippen molar-refractivity contribution in [3.63, 3.8) is 0 Å². The van der Waals surface area contributed by atoms with E-state index in [2.05, 4.69) is 0 Å². The molecule has 0 bridgehead atoms. The van der Waals surface area contributed by atoms with Gasteiger partial charge in [0, 0.05) is 13.1 Å². The first-order valence-corrected chi connectivity index (χ1v) is 6.59. The Hall–Kier alpha value is -1.34. The van der Waals surface area contributed by atoms with E-state index in [0.29, 0.717) is 32.4 Å². The van der Waals surface area contributed by atoms with E-state index in [-0.39, 0.29) is 30.8 Å². The molecule has 2 aliphatic rings. The highest BCUT2D eigenvalue weighted by Crippen LogP contribution is 2.24. The van der Waals surface area contributed by atoms with Crippen LogP contribution in [0.1, 0.15) is 25.7 Å². The minimum absolute atomic E-state index is 0. The Morgan fingerprint density at radius 2 is 1.60 bits per heavy atom. The largest absolute Gasteiger partial charge is 0.480 e. The first kappa shape index (κ1) is 16.7. The molecule has 0 radical (unpaired) electrons. The van der Waals surface area contributed by atoms with E-state index in [1.165, 1.54) is 9.80 Å². The van der Waals surface area contributed by atoms with Gasteiger partial charge in [0.1, 0.15) is 12.1 Å². The molecule has 2 fully saturated rings. The second kappa shape index (κ2) is 6.90. The van der Waals surface area contributed by atoms with Crippen molar-refractivity contribution in [3.05, 3.63) is 0 Å². The average molecular weight is 306 g/mol. The zero-order chi connectivity index (χ0) is 14.0. The second-order valence-corrected chi connectivity index (χ2v) is 4.98. The van der Waals surface area contributed by atoms with E-state index >= 15 is 0 Å². The molecule has 114 valence electrons. The molecule has 7 nitrogen and oxygen atoms in total. The van der Waals surface area contributed by atoms with E-state index in [4.69, 9.17) is 10.8 Å². The van der Waals surface area contributed by atoms with E-state index in [9.17, 15) is 14.4 Å². The van der Waals surface area contributed by atoms with Gasteiger partial charge in [-0.05, 0) is 25.7 Å². The van der Waals surface area contributed by atoms with Crippen LogP contribution in [-0.4, -0.2) is 64.4 Å². The van der Waals surface area contributed by atoms with Crippen LogP contribution >= 0.6 is 12.4 Å². The SMILES string of the molecule is Cl.NCC(=O)N1CCC[C@H]1C(=O)N1CCC[C@H]1C(=O)O. The Morgan fingerprint density at radius 3 is 2.15 bits per heavy atom. The number of nitrogens with zero attached hydrogens (tertiary/aromatic N) is 2. The third-order valence-corrected chi connectivity index (χ3v) is 3.85. The number of hydrogen-bond acceptors (Lipinski definition) is 4. The first-order valence-electron chi connectivity index (χ1n) is 6.59. The number of carbonyl (C=O) groups is 3.